The highest BCUT2D eigenvalue weighted by Gasteiger charge is 2.31. The Morgan fingerprint density at radius 2 is 2.15 bits per heavy atom. The van der Waals surface area contributed by atoms with Gasteiger partial charge < -0.3 is 4.74 Å². The topological polar surface area (TPSA) is 46.0 Å². The molecule has 112 valence electrons. The number of nitrogens with one attached hydrogen (secondary N) is 1. The van der Waals surface area contributed by atoms with E-state index in [0.29, 0.717) is 6.04 Å². The van der Waals surface area contributed by atoms with Crippen molar-refractivity contribution in [2.24, 2.45) is 5.92 Å². The predicted molar refractivity (Wildman–Crippen MR) is 77.4 cm³/mol. The number of methoxy groups -OCH3 is 1. The number of hydrogen-bond acceptors (Lipinski definition) is 2. The van der Waals surface area contributed by atoms with E-state index in [1.54, 1.807) is 0 Å². The highest BCUT2D eigenvalue weighted by atomic mass is 16.5. The lowest BCUT2D eigenvalue weighted by Gasteiger charge is -2.17. The Kier molecular flexibility index (Phi) is 5.21. The van der Waals surface area contributed by atoms with Gasteiger partial charge in [0.25, 0.3) is 0 Å². The van der Waals surface area contributed by atoms with E-state index in [2.05, 4.69) is 29.8 Å². The number of carbonyl (C=O) groups is 1. The summed E-state index contributed by atoms with van der Waals surface area (Å²) in [6.45, 7) is 4.47. The Bertz CT molecular complexity index is 447. The molecular formula is C16H27N2O2+. The zero-order chi connectivity index (χ0) is 14.5. The fraction of sp³-hybridized carbons (Fsp3) is 0.750. The molecule has 0 saturated heterocycles. The van der Waals surface area contributed by atoms with Gasteiger partial charge in [-0.05, 0) is 32.1 Å². The molecule has 1 unspecified atom stereocenters. The molecule has 1 N–H and O–H groups in total. The Balaban J connectivity index is 2.13. The molecule has 1 aliphatic carbocycles. The lowest BCUT2D eigenvalue weighted by Crippen LogP contribution is -2.40. The quantitative estimate of drug-likeness (QED) is 0.643. The number of hydrogen-bond donors (Lipinski definition) is 1. The van der Waals surface area contributed by atoms with Gasteiger partial charge in [-0.15, -0.1) is 4.68 Å². The van der Waals surface area contributed by atoms with Crippen LogP contribution in [0.3, 0.4) is 0 Å². The summed E-state index contributed by atoms with van der Waals surface area (Å²) in [5.74, 6) is -0.0328. The minimum absolute atomic E-state index is 0.0348. The van der Waals surface area contributed by atoms with Gasteiger partial charge in [-0.1, -0.05) is 13.8 Å². The van der Waals surface area contributed by atoms with Gasteiger partial charge in [0.05, 0.1) is 18.7 Å². The second-order valence-corrected chi connectivity index (χ2v) is 5.85. The zero-order valence-electron chi connectivity index (χ0n) is 12.9. The number of aryl methyl sites for hydroxylation is 1. The summed E-state index contributed by atoms with van der Waals surface area (Å²) in [5, 5.41) is 3.55. The number of carbonyl (C=O) groups excluding carboxylic acids is 1. The maximum atomic E-state index is 11.7. The van der Waals surface area contributed by atoms with Crippen LogP contribution in [0.4, 0.5) is 0 Å². The Morgan fingerprint density at radius 1 is 1.45 bits per heavy atom. The van der Waals surface area contributed by atoms with E-state index in [1.807, 2.05) is 0 Å². The Morgan fingerprint density at radius 3 is 2.75 bits per heavy atom. The van der Waals surface area contributed by atoms with Crippen LogP contribution < -0.4 is 4.68 Å². The molecule has 0 aromatic carbocycles. The van der Waals surface area contributed by atoms with Crippen molar-refractivity contribution in [2.75, 3.05) is 7.11 Å². The molecule has 0 bridgehead atoms. The summed E-state index contributed by atoms with van der Waals surface area (Å²) < 4.78 is 7.16. The lowest BCUT2D eigenvalue weighted by molar-refractivity contribution is -0.775. The molecule has 1 aliphatic rings. The number of fused-ring (bicyclic) bond motifs is 1. The SMILES string of the molecule is CCCC(CCC)[n+]1cc2c([nH]1)CCC(C(=O)OC)C2. The molecule has 0 amide bonds. The van der Waals surface area contributed by atoms with Gasteiger partial charge >= 0.3 is 5.97 Å². The minimum Gasteiger partial charge on any atom is -0.469 e. The van der Waals surface area contributed by atoms with Gasteiger partial charge in [0.15, 0.2) is 12.2 Å². The molecule has 1 atom stereocenters. The number of esters is 1. The zero-order valence-corrected chi connectivity index (χ0v) is 12.9. The first kappa shape index (κ1) is 15.1. The van der Waals surface area contributed by atoms with E-state index >= 15 is 0 Å². The highest BCUT2D eigenvalue weighted by molar-refractivity contribution is 5.73. The molecule has 1 aromatic rings. The van der Waals surface area contributed by atoms with Gasteiger partial charge in [0, 0.05) is 18.4 Å². The van der Waals surface area contributed by atoms with Crippen LogP contribution >= 0.6 is 0 Å². The molecule has 0 aliphatic heterocycles. The maximum absolute atomic E-state index is 11.7. The second kappa shape index (κ2) is 6.91. The molecular weight excluding hydrogens is 252 g/mol. The van der Waals surface area contributed by atoms with Crippen molar-refractivity contribution in [1.82, 2.24) is 5.10 Å². The van der Waals surface area contributed by atoms with Crippen LogP contribution in [0, 0.1) is 5.92 Å². The van der Waals surface area contributed by atoms with E-state index in [1.165, 1.54) is 44.1 Å². The van der Waals surface area contributed by atoms with E-state index < -0.39 is 0 Å². The molecule has 0 spiro atoms. The first-order valence-corrected chi connectivity index (χ1v) is 7.89. The van der Waals surface area contributed by atoms with Crippen LogP contribution in [0.15, 0.2) is 6.20 Å². The molecule has 4 heteroatoms. The van der Waals surface area contributed by atoms with Gasteiger partial charge in [-0.3, -0.25) is 4.79 Å². The summed E-state index contributed by atoms with van der Waals surface area (Å²) in [4.78, 5) is 11.7. The molecule has 20 heavy (non-hydrogen) atoms. The summed E-state index contributed by atoms with van der Waals surface area (Å²) in [5.41, 5.74) is 2.60. The van der Waals surface area contributed by atoms with Crippen molar-refractivity contribution in [3.05, 3.63) is 17.5 Å². The second-order valence-electron chi connectivity index (χ2n) is 5.85. The normalized spacial score (nSPS) is 18.1. The third-order valence-electron chi connectivity index (χ3n) is 4.33. The molecule has 1 heterocycles. The first-order valence-electron chi connectivity index (χ1n) is 7.89. The summed E-state index contributed by atoms with van der Waals surface area (Å²) in [7, 11) is 1.48. The smallest absolute Gasteiger partial charge is 0.309 e. The van der Waals surface area contributed by atoms with Crippen molar-refractivity contribution < 1.29 is 14.2 Å². The monoisotopic (exact) mass is 279 g/mol. The Labute approximate surface area is 121 Å². The summed E-state index contributed by atoms with van der Waals surface area (Å²) >= 11 is 0. The number of aromatic amines is 1. The molecule has 0 fully saturated rings. The molecule has 0 radical (unpaired) electrons. The van der Waals surface area contributed by atoms with E-state index in [-0.39, 0.29) is 11.9 Å². The first-order chi connectivity index (χ1) is 9.69. The predicted octanol–water partition coefficient (Wildman–Crippen LogP) is 2.72. The van der Waals surface area contributed by atoms with Crippen molar-refractivity contribution in [3.8, 4) is 0 Å². The van der Waals surface area contributed by atoms with Crippen LogP contribution in [0.2, 0.25) is 0 Å². The van der Waals surface area contributed by atoms with E-state index in [9.17, 15) is 4.79 Å². The number of aromatic nitrogens is 2. The molecule has 4 nitrogen and oxygen atoms in total. The number of rotatable bonds is 6. The minimum atomic E-state index is -0.0675. The van der Waals surface area contributed by atoms with Crippen LogP contribution in [-0.4, -0.2) is 18.2 Å². The maximum Gasteiger partial charge on any atom is 0.309 e. The largest absolute Gasteiger partial charge is 0.469 e. The lowest BCUT2D eigenvalue weighted by atomic mass is 9.88. The number of H-pyrrole nitrogens is 1. The van der Waals surface area contributed by atoms with Crippen LogP contribution in [0.1, 0.15) is 63.3 Å². The van der Waals surface area contributed by atoms with Crippen LogP contribution in [-0.2, 0) is 22.4 Å². The van der Waals surface area contributed by atoms with E-state index in [4.69, 9.17) is 4.74 Å². The van der Waals surface area contributed by atoms with Crippen LogP contribution in [0.5, 0.6) is 0 Å². The highest BCUT2D eigenvalue weighted by Crippen LogP contribution is 2.25. The number of ether oxygens (including phenoxy) is 1. The molecule has 1 aromatic heterocycles. The fourth-order valence-electron chi connectivity index (χ4n) is 3.24. The van der Waals surface area contributed by atoms with Crippen molar-refractivity contribution in [1.29, 1.82) is 0 Å². The van der Waals surface area contributed by atoms with Gasteiger partial charge in [0.1, 0.15) is 0 Å². The third-order valence-corrected chi connectivity index (χ3v) is 4.33. The van der Waals surface area contributed by atoms with Crippen molar-refractivity contribution in [3.63, 3.8) is 0 Å². The fourth-order valence-corrected chi connectivity index (χ4v) is 3.24. The van der Waals surface area contributed by atoms with E-state index in [0.717, 1.165) is 19.3 Å². The van der Waals surface area contributed by atoms with Gasteiger partial charge in [-0.25, -0.2) is 0 Å². The van der Waals surface area contributed by atoms with Crippen LogP contribution in [0.25, 0.3) is 0 Å². The average molecular weight is 279 g/mol. The Hall–Kier alpha value is -1.32. The standard InChI is InChI=1S/C16H26N2O2/c1-4-6-14(7-5-2)18-11-13-10-12(16(19)20-3)8-9-15(13)17-18/h11-12,14H,4-10H2,1-3H3/p+1. The van der Waals surface area contributed by atoms with Gasteiger partial charge in [-0.2, -0.15) is 5.10 Å². The summed E-state index contributed by atoms with van der Waals surface area (Å²) in [6, 6.07) is 0.562. The van der Waals surface area contributed by atoms with Gasteiger partial charge in [0.2, 0.25) is 0 Å². The van der Waals surface area contributed by atoms with Crippen molar-refractivity contribution in [2.45, 2.75) is 64.8 Å². The van der Waals surface area contributed by atoms with Crippen molar-refractivity contribution >= 4 is 5.97 Å². The number of nitrogens with zero attached hydrogens (tertiary/aromatic N) is 1. The molecule has 2 rings (SSSR count). The summed E-state index contributed by atoms with van der Waals surface area (Å²) in [6.07, 6.45) is 9.70. The third kappa shape index (κ3) is 3.22. The average Bonchev–Trinajstić information content (AvgIpc) is 2.89. The molecule has 0 saturated carbocycles.